The van der Waals surface area contributed by atoms with Crippen molar-refractivity contribution in [1.82, 2.24) is 4.90 Å². The zero-order valence-corrected chi connectivity index (χ0v) is 11.1. The summed E-state index contributed by atoms with van der Waals surface area (Å²) in [6.45, 7) is 0. The van der Waals surface area contributed by atoms with Gasteiger partial charge < -0.3 is 10.8 Å². The minimum absolute atomic E-state index is 0.0349. The summed E-state index contributed by atoms with van der Waals surface area (Å²) < 4.78 is -0.586. The summed E-state index contributed by atoms with van der Waals surface area (Å²) in [6, 6.07) is -0.606. The first-order chi connectivity index (χ1) is 7.45. The van der Waals surface area contributed by atoms with Gasteiger partial charge in [0.1, 0.15) is 21.4 Å². The highest BCUT2D eigenvalue weighted by atomic mass is 79.9. The molecule has 1 unspecified atom stereocenters. The smallest absolute Gasteiger partial charge is 0.352 e. The van der Waals surface area contributed by atoms with Gasteiger partial charge in [-0.05, 0) is 5.57 Å². The molecule has 5 nitrogen and oxygen atoms in total. The Kier molecular flexibility index (Phi) is 3.22. The molecule has 0 spiro atoms. The monoisotopic (exact) mass is 326 g/mol. The lowest BCUT2D eigenvalue weighted by Gasteiger charge is -2.48. The number of amides is 1. The number of thioether (sulfide) groups is 1. The SMILES string of the molecule is N[C@@H]1C(=O)N2C(C(=O)O)=C(C(Cl)Br)CS[C@@H]12. The molecule has 0 bridgehead atoms. The van der Waals surface area contributed by atoms with E-state index in [1.165, 1.54) is 16.7 Å². The van der Waals surface area contributed by atoms with Gasteiger partial charge in [-0.15, -0.1) is 23.4 Å². The van der Waals surface area contributed by atoms with Crippen LogP contribution in [-0.2, 0) is 9.59 Å². The summed E-state index contributed by atoms with van der Waals surface area (Å²) in [5.74, 6) is -1.05. The minimum Gasteiger partial charge on any atom is -0.477 e. The van der Waals surface area contributed by atoms with Gasteiger partial charge in [0.2, 0.25) is 5.91 Å². The third kappa shape index (κ3) is 1.66. The summed E-state index contributed by atoms with van der Waals surface area (Å²) in [5.41, 5.74) is 6.05. The van der Waals surface area contributed by atoms with Crippen molar-refractivity contribution in [2.75, 3.05) is 5.75 Å². The van der Waals surface area contributed by atoms with Crippen molar-refractivity contribution in [2.24, 2.45) is 5.73 Å². The molecule has 8 heteroatoms. The first-order valence-electron chi connectivity index (χ1n) is 4.40. The summed E-state index contributed by atoms with van der Waals surface area (Å²) in [4.78, 5) is 23.9. The largest absolute Gasteiger partial charge is 0.477 e. The number of halogens is 2. The normalized spacial score (nSPS) is 30.9. The topological polar surface area (TPSA) is 83.6 Å². The summed E-state index contributed by atoms with van der Waals surface area (Å²) in [7, 11) is 0. The summed E-state index contributed by atoms with van der Waals surface area (Å²) in [5, 5.41) is 8.83. The first-order valence-corrected chi connectivity index (χ1v) is 6.80. The highest BCUT2D eigenvalue weighted by Crippen LogP contribution is 2.41. The van der Waals surface area contributed by atoms with Crippen LogP contribution in [0, 0.1) is 0 Å². The van der Waals surface area contributed by atoms with E-state index in [-0.39, 0.29) is 17.0 Å². The molecule has 1 saturated heterocycles. The van der Waals surface area contributed by atoms with Crippen LogP contribution in [0.15, 0.2) is 11.3 Å². The Labute approximate surface area is 109 Å². The fraction of sp³-hybridized carbons (Fsp3) is 0.500. The van der Waals surface area contributed by atoms with Gasteiger partial charge in [-0.2, -0.15) is 0 Å². The molecule has 0 saturated carbocycles. The number of carboxylic acid groups (broad SMARTS) is 1. The zero-order chi connectivity index (χ0) is 12.0. The second-order valence-electron chi connectivity index (χ2n) is 3.42. The predicted molar refractivity (Wildman–Crippen MR) is 64.3 cm³/mol. The fourth-order valence-electron chi connectivity index (χ4n) is 1.71. The Morgan fingerprint density at radius 3 is 2.88 bits per heavy atom. The molecule has 0 aliphatic carbocycles. The van der Waals surface area contributed by atoms with Gasteiger partial charge in [-0.3, -0.25) is 9.69 Å². The number of hydrogen-bond acceptors (Lipinski definition) is 4. The molecule has 0 aromatic rings. The number of rotatable bonds is 2. The molecule has 0 aromatic heterocycles. The average Bonchev–Trinajstić information content (AvgIpc) is 2.25. The Morgan fingerprint density at radius 2 is 2.38 bits per heavy atom. The fourth-order valence-corrected chi connectivity index (χ4v) is 3.91. The number of alkyl halides is 2. The third-order valence-electron chi connectivity index (χ3n) is 2.50. The molecule has 3 atom stereocenters. The number of hydrogen-bond donors (Lipinski definition) is 2. The Morgan fingerprint density at radius 1 is 1.75 bits per heavy atom. The van der Waals surface area contributed by atoms with Crippen molar-refractivity contribution >= 4 is 51.2 Å². The second-order valence-corrected chi connectivity index (χ2v) is 6.40. The van der Waals surface area contributed by atoms with Gasteiger partial charge >= 0.3 is 5.97 Å². The minimum atomic E-state index is -1.15. The average molecular weight is 328 g/mol. The van der Waals surface area contributed by atoms with Gasteiger partial charge in [0.05, 0.1) is 0 Å². The van der Waals surface area contributed by atoms with Gasteiger partial charge in [0, 0.05) is 5.75 Å². The maximum absolute atomic E-state index is 11.5. The van der Waals surface area contributed by atoms with Crippen molar-refractivity contribution < 1.29 is 14.7 Å². The van der Waals surface area contributed by atoms with Gasteiger partial charge in [0.25, 0.3) is 0 Å². The van der Waals surface area contributed by atoms with Gasteiger partial charge in [-0.1, -0.05) is 15.9 Å². The van der Waals surface area contributed by atoms with Crippen molar-refractivity contribution in [3.8, 4) is 0 Å². The van der Waals surface area contributed by atoms with E-state index >= 15 is 0 Å². The highest BCUT2D eigenvalue weighted by Gasteiger charge is 2.52. The number of nitrogens with two attached hydrogens (primary N) is 1. The molecule has 2 heterocycles. The number of carboxylic acids is 1. The molecule has 0 radical (unpaired) electrons. The maximum Gasteiger partial charge on any atom is 0.352 e. The molecule has 88 valence electrons. The van der Waals surface area contributed by atoms with E-state index in [4.69, 9.17) is 22.4 Å². The lowest BCUT2D eigenvalue weighted by atomic mass is 10.0. The van der Waals surface area contributed by atoms with E-state index in [0.29, 0.717) is 11.3 Å². The van der Waals surface area contributed by atoms with Crippen molar-refractivity contribution in [3.63, 3.8) is 0 Å². The van der Waals surface area contributed by atoms with E-state index < -0.39 is 16.3 Å². The Balaban J connectivity index is 2.42. The van der Waals surface area contributed by atoms with Crippen LogP contribution in [-0.4, -0.2) is 43.3 Å². The molecular weight excluding hydrogens is 320 g/mol. The van der Waals surface area contributed by atoms with E-state index in [1.807, 2.05) is 0 Å². The number of nitrogens with zero attached hydrogens (tertiary/aromatic N) is 1. The van der Waals surface area contributed by atoms with Crippen LogP contribution in [0.4, 0.5) is 0 Å². The number of carbonyl (C=O) groups excluding carboxylic acids is 1. The van der Waals surface area contributed by atoms with Gasteiger partial charge in [-0.25, -0.2) is 4.79 Å². The maximum atomic E-state index is 11.5. The molecule has 16 heavy (non-hydrogen) atoms. The van der Waals surface area contributed by atoms with Crippen molar-refractivity contribution in [2.45, 2.75) is 15.7 Å². The molecule has 1 amide bonds. The molecule has 3 N–H and O–H groups in total. The van der Waals surface area contributed by atoms with E-state index in [2.05, 4.69) is 15.9 Å². The zero-order valence-electron chi connectivity index (χ0n) is 7.89. The molecule has 2 rings (SSSR count). The van der Waals surface area contributed by atoms with Crippen LogP contribution >= 0.6 is 39.3 Å². The lowest BCUT2D eigenvalue weighted by Crippen LogP contribution is -2.68. The standard InChI is InChI=1S/C8H8BrClN2O3S/c9-5(10)2-1-16-7-3(11)6(13)12(7)4(2)8(14)15/h3,5,7H,1,11H2,(H,14,15)/t3-,5?,7+/m1/s1. The Hall–Kier alpha value is -0.240. The van der Waals surface area contributed by atoms with Crippen LogP contribution in [0.25, 0.3) is 0 Å². The highest BCUT2D eigenvalue weighted by molar-refractivity contribution is 9.10. The molecular formula is C8H8BrClN2O3S. The quantitative estimate of drug-likeness (QED) is 0.571. The van der Waals surface area contributed by atoms with E-state index in [0.717, 1.165) is 0 Å². The van der Waals surface area contributed by atoms with E-state index in [1.54, 1.807) is 0 Å². The van der Waals surface area contributed by atoms with Crippen molar-refractivity contribution in [1.29, 1.82) is 0 Å². The number of fused-ring (bicyclic) bond motifs is 1. The number of β-lactam (4-membered cyclic amide) rings is 1. The predicted octanol–water partition coefficient (Wildman–Crippen LogP) is 0.527. The summed E-state index contributed by atoms with van der Waals surface area (Å²) >= 11 is 10.4. The number of aliphatic carboxylic acids is 1. The Bertz CT molecular complexity index is 401. The molecule has 2 aliphatic rings. The van der Waals surface area contributed by atoms with Crippen LogP contribution < -0.4 is 5.73 Å². The van der Waals surface area contributed by atoms with Crippen LogP contribution in [0.1, 0.15) is 0 Å². The molecule has 2 aliphatic heterocycles. The lowest BCUT2D eigenvalue weighted by molar-refractivity contribution is -0.147. The van der Waals surface area contributed by atoms with Crippen LogP contribution in [0.5, 0.6) is 0 Å². The van der Waals surface area contributed by atoms with E-state index in [9.17, 15) is 9.59 Å². The number of carbonyl (C=O) groups is 2. The summed E-state index contributed by atoms with van der Waals surface area (Å²) in [6.07, 6.45) is 0. The second kappa shape index (κ2) is 4.21. The molecule has 1 fully saturated rings. The third-order valence-corrected chi connectivity index (χ3v) is 4.64. The van der Waals surface area contributed by atoms with Crippen LogP contribution in [0.2, 0.25) is 0 Å². The molecule has 0 aromatic carbocycles. The first kappa shape index (κ1) is 12.2. The van der Waals surface area contributed by atoms with Crippen LogP contribution in [0.3, 0.4) is 0 Å². The van der Waals surface area contributed by atoms with Crippen molar-refractivity contribution in [3.05, 3.63) is 11.3 Å². The van der Waals surface area contributed by atoms with Gasteiger partial charge in [0.15, 0.2) is 0 Å².